The summed E-state index contributed by atoms with van der Waals surface area (Å²) in [7, 11) is 1.29. The van der Waals surface area contributed by atoms with Crippen molar-refractivity contribution in [3.05, 3.63) is 122 Å². The molecule has 4 heterocycles. The lowest BCUT2D eigenvalue weighted by molar-refractivity contribution is -0.150. The van der Waals surface area contributed by atoms with Gasteiger partial charge in [-0.25, -0.2) is 14.4 Å². The number of nitrogens with zero attached hydrogens (tertiary/aromatic N) is 2. The molecule has 0 saturated carbocycles. The number of likely N-dealkylation sites (N-methyl/N-ethyl adjacent to an activating group) is 1. The minimum Gasteiger partial charge on any atom is -0.508 e. The van der Waals surface area contributed by atoms with E-state index in [0.29, 0.717) is 37.9 Å². The largest absolute Gasteiger partial charge is 0.508 e. The van der Waals surface area contributed by atoms with Gasteiger partial charge in [0, 0.05) is 63.5 Å². The first-order valence-corrected chi connectivity index (χ1v) is 19.6. The van der Waals surface area contributed by atoms with E-state index in [9.17, 15) is 54.0 Å². The molecule has 0 radical (unpaired) electrons. The number of benzene rings is 4. The molecular weight excluding hydrogens is 807 g/mol. The molecule has 59 heavy (non-hydrogen) atoms. The number of carboxylic acids is 2. The highest BCUT2D eigenvalue weighted by molar-refractivity contribution is 8.01. The first-order valence-electron chi connectivity index (χ1n) is 17.6. The van der Waals surface area contributed by atoms with Crippen LogP contribution in [0.3, 0.4) is 0 Å². The van der Waals surface area contributed by atoms with Gasteiger partial charge in [0.05, 0.1) is 12.1 Å². The van der Waals surface area contributed by atoms with Crippen LogP contribution in [0.2, 0.25) is 0 Å². The van der Waals surface area contributed by atoms with Crippen LogP contribution in [0.1, 0.15) is 20.7 Å². The highest BCUT2D eigenvalue weighted by atomic mass is 32.2. The number of carboxylic acid groups (broad SMARTS) is 2. The Morgan fingerprint density at radius 1 is 0.847 bits per heavy atom. The molecule has 4 aliphatic rings. The number of phenolic OH excluding ortho intramolecular Hbond substituents is 2. The van der Waals surface area contributed by atoms with Crippen LogP contribution >= 0.6 is 23.5 Å². The van der Waals surface area contributed by atoms with Gasteiger partial charge < -0.3 is 39.5 Å². The standard InChI is InChI=1S/C41H29N3O13S2/c1-43(36(49)28-10-18-2-3-20(45)11-29(18)57-41(28)55)15-32(48)42-34-37(50)44-35(40(53)54)19(17-59-38(34)44)16-58-23-6-9-24(27(14-23)39(51)52)33-25-7-4-21(46)12-30(25)56-31-13-22(47)5-8-26(31)33/h2-14,34,38,45-46H,15-17H2,1H3,(H,42,48)(H,51,52)(H,53,54). The average Bonchev–Trinajstić information content (AvgIpc) is 3.19. The Morgan fingerprint density at radius 3 is 2.32 bits per heavy atom. The van der Waals surface area contributed by atoms with Crippen LogP contribution in [-0.2, 0) is 14.4 Å². The summed E-state index contributed by atoms with van der Waals surface area (Å²) in [5.41, 5.74) is -0.0211. The smallest absolute Gasteiger partial charge is 0.352 e. The van der Waals surface area contributed by atoms with Gasteiger partial charge in [-0.15, -0.1) is 23.5 Å². The first-order chi connectivity index (χ1) is 28.2. The quantitative estimate of drug-likeness (QED) is 0.0556. The van der Waals surface area contributed by atoms with Crippen LogP contribution in [0.4, 0.5) is 0 Å². The second kappa shape index (κ2) is 15.0. The predicted molar refractivity (Wildman–Crippen MR) is 215 cm³/mol. The summed E-state index contributed by atoms with van der Waals surface area (Å²) in [5.74, 6) is -4.60. The molecule has 3 aromatic carbocycles. The number of nitrogens with one attached hydrogen (secondary N) is 1. The summed E-state index contributed by atoms with van der Waals surface area (Å²) in [5, 5.41) is 43.0. The van der Waals surface area contributed by atoms with Crippen LogP contribution in [0.15, 0.2) is 113 Å². The van der Waals surface area contributed by atoms with Crippen molar-refractivity contribution in [1.29, 1.82) is 0 Å². The fourth-order valence-electron chi connectivity index (χ4n) is 7.08. The summed E-state index contributed by atoms with van der Waals surface area (Å²) in [6.07, 6.45) is 0. The van der Waals surface area contributed by atoms with Crippen molar-refractivity contribution in [2.45, 2.75) is 16.3 Å². The number of aromatic hydroxyl groups is 2. The Kier molecular flexibility index (Phi) is 9.89. The number of amides is 3. The molecule has 3 aliphatic heterocycles. The highest BCUT2D eigenvalue weighted by Gasteiger charge is 2.54. The van der Waals surface area contributed by atoms with Crippen molar-refractivity contribution >= 4 is 75.1 Å². The number of phenols is 2. The van der Waals surface area contributed by atoms with Crippen molar-refractivity contribution in [1.82, 2.24) is 15.1 Å². The van der Waals surface area contributed by atoms with Gasteiger partial charge in [0.2, 0.25) is 5.91 Å². The Morgan fingerprint density at radius 2 is 1.58 bits per heavy atom. The molecular formula is C41H29N3O13S2. The van der Waals surface area contributed by atoms with E-state index < -0.39 is 53.2 Å². The monoisotopic (exact) mass is 835 g/mol. The van der Waals surface area contributed by atoms with E-state index in [0.717, 1.165) is 9.80 Å². The average molecular weight is 836 g/mol. The summed E-state index contributed by atoms with van der Waals surface area (Å²) >= 11 is 2.40. The molecule has 5 N–H and O–H groups in total. The number of carbonyl (C=O) groups excluding carboxylic acids is 3. The number of carbonyl (C=O) groups is 5. The lowest BCUT2D eigenvalue weighted by Crippen LogP contribution is -2.71. The van der Waals surface area contributed by atoms with E-state index in [1.807, 2.05) is 0 Å². The number of fused-ring (bicyclic) bond motifs is 4. The molecule has 1 aliphatic carbocycles. The maximum Gasteiger partial charge on any atom is 0.352 e. The van der Waals surface area contributed by atoms with Gasteiger partial charge in [-0.1, -0.05) is 6.07 Å². The molecule has 2 atom stereocenters. The zero-order valence-electron chi connectivity index (χ0n) is 30.5. The molecule has 1 aromatic heterocycles. The number of thioether (sulfide) groups is 2. The molecule has 18 heteroatoms. The van der Waals surface area contributed by atoms with Gasteiger partial charge in [0.1, 0.15) is 51.1 Å². The molecule has 298 valence electrons. The van der Waals surface area contributed by atoms with Crippen LogP contribution in [0.5, 0.6) is 11.5 Å². The fourth-order valence-corrected chi connectivity index (χ4v) is 9.50. The van der Waals surface area contributed by atoms with Crippen LogP contribution < -0.4 is 16.4 Å². The van der Waals surface area contributed by atoms with Gasteiger partial charge in [-0.2, -0.15) is 0 Å². The van der Waals surface area contributed by atoms with Gasteiger partial charge in [-0.05, 0) is 65.7 Å². The summed E-state index contributed by atoms with van der Waals surface area (Å²) in [4.78, 5) is 91.9. The summed E-state index contributed by atoms with van der Waals surface area (Å²) < 4.78 is 11.0. The van der Waals surface area contributed by atoms with Crippen molar-refractivity contribution < 1.29 is 53.2 Å². The number of β-lactam (4-membered cyclic amide) rings is 1. The number of aromatic carboxylic acids is 1. The molecule has 16 nitrogen and oxygen atoms in total. The van der Waals surface area contributed by atoms with E-state index in [1.165, 1.54) is 85.2 Å². The summed E-state index contributed by atoms with van der Waals surface area (Å²) in [6.45, 7) is -0.537. The Bertz CT molecular complexity index is 2940. The minimum atomic E-state index is -1.36. The maximum atomic E-state index is 13.4. The van der Waals surface area contributed by atoms with Gasteiger partial charge >= 0.3 is 17.6 Å². The van der Waals surface area contributed by atoms with Crippen LogP contribution in [-0.4, -0.2) is 96.4 Å². The molecule has 0 bridgehead atoms. The topological polar surface area (TPSA) is 245 Å². The fraction of sp³-hybridized carbons (Fsp3) is 0.146. The molecule has 2 unspecified atom stereocenters. The Labute approximate surface area is 339 Å². The van der Waals surface area contributed by atoms with Crippen molar-refractivity contribution in [2.24, 2.45) is 0 Å². The second-order valence-electron chi connectivity index (χ2n) is 13.7. The third-order valence-electron chi connectivity index (χ3n) is 9.82. The Balaban J connectivity index is 0.977. The molecule has 8 rings (SSSR count). The van der Waals surface area contributed by atoms with E-state index in [1.54, 1.807) is 24.3 Å². The van der Waals surface area contributed by atoms with Gasteiger partial charge in [0.25, 0.3) is 11.8 Å². The molecule has 1 saturated heterocycles. The molecule has 4 aromatic rings. The van der Waals surface area contributed by atoms with Crippen LogP contribution in [0.25, 0.3) is 44.4 Å². The third kappa shape index (κ3) is 7.12. The normalized spacial score (nSPS) is 16.2. The zero-order valence-corrected chi connectivity index (χ0v) is 32.1. The van der Waals surface area contributed by atoms with E-state index in [4.69, 9.17) is 8.83 Å². The third-order valence-corrected chi connectivity index (χ3v) is 12.2. The van der Waals surface area contributed by atoms with E-state index in [2.05, 4.69) is 5.32 Å². The lowest BCUT2D eigenvalue weighted by Gasteiger charge is -2.49. The van der Waals surface area contributed by atoms with Gasteiger partial charge in [-0.3, -0.25) is 24.1 Å². The van der Waals surface area contributed by atoms with Crippen molar-refractivity contribution in [2.75, 3.05) is 25.1 Å². The zero-order chi connectivity index (χ0) is 41.9. The first kappa shape index (κ1) is 38.8. The van der Waals surface area contributed by atoms with E-state index in [-0.39, 0.29) is 62.2 Å². The molecule has 3 amide bonds. The lowest BCUT2D eigenvalue weighted by atomic mass is 9.91. The number of rotatable bonds is 10. The molecule has 0 spiro atoms. The Hall–Kier alpha value is -7.05. The van der Waals surface area contributed by atoms with E-state index >= 15 is 0 Å². The maximum absolute atomic E-state index is 13.4. The predicted octanol–water partition coefficient (Wildman–Crippen LogP) is 4.38. The van der Waals surface area contributed by atoms with Crippen molar-refractivity contribution in [3.8, 4) is 33.9 Å². The van der Waals surface area contributed by atoms with Gasteiger partial charge in [0.15, 0.2) is 5.43 Å². The minimum absolute atomic E-state index is 0.0667. The summed E-state index contributed by atoms with van der Waals surface area (Å²) in [6, 6.07) is 17.5. The number of aliphatic carboxylic acids is 1. The van der Waals surface area contributed by atoms with Crippen molar-refractivity contribution in [3.63, 3.8) is 0 Å². The second-order valence-corrected chi connectivity index (χ2v) is 15.8. The SMILES string of the molecule is CN(CC(=O)NC1C(=O)N2C(C(=O)O)=C(CSc3ccc(-c4c5ccc(=O)cc-5oc5cc(O)ccc45)c(C(=O)O)c3)CSC12)C(=O)c1cc2ccc(O)cc2oc1=O. The molecule has 1 fully saturated rings. The highest BCUT2D eigenvalue weighted by Crippen LogP contribution is 2.44. The van der Waals surface area contributed by atoms with Crippen LogP contribution in [0, 0.1) is 0 Å². The number of hydrogen-bond donors (Lipinski definition) is 5. The number of hydrogen-bond acceptors (Lipinski definition) is 13.